The Morgan fingerprint density at radius 1 is 1.05 bits per heavy atom. The van der Waals surface area contributed by atoms with Crippen LogP contribution in [0.4, 0.5) is 11.6 Å². The number of amides is 1. The van der Waals surface area contributed by atoms with Gasteiger partial charge in [-0.3, -0.25) is 9.36 Å². The molecule has 0 bridgehead atoms. The summed E-state index contributed by atoms with van der Waals surface area (Å²) in [5.74, 6) is 0.379. The molecule has 38 heavy (non-hydrogen) atoms. The molecule has 4 aromatic rings. The molecule has 4 rings (SSSR count). The maximum Gasteiger partial charge on any atom is 0.354 e. The summed E-state index contributed by atoms with van der Waals surface area (Å²) in [5.41, 5.74) is 0.0519. The van der Waals surface area contributed by atoms with Crippen LogP contribution in [0.5, 0.6) is 11.6 Å². The first kappa shape index (κ1) is 26.1. The van der Waals surface area contributed by atoms with Gasteiger partial charge in [0.2, 0.25) is 17.7 Å². The molecular weight excluding hydrogens is 512 g/mol. The molecule has 0 unspecified atom stereocenters. The number of hydrogen-bond donors (Lipinski definition) is 2. The number of rotatable bonds is 9. The van der Waals surface area contributed by atoms with Gasteiger partial charge in [-0.05, 0) is 42.0 Å². The van der Waals surface area contributed by atoms with Crippen molar-refractivity contribution in [1.29, 1.82) is 5.26 Å². The average Bonchev–Trinajstić information content (AvgIpc) is 2.93. The van der Waals surface area contributed by atoms with Crippen molar-refractivity contribution < 1.29 is 9.53 Å². The van der Waals surface area contributed by atoms with Crippen molar-refractivity contribution >= 4 is 29.1 Å². The third-order valence-electron chi connectivity index (χ3n) is 5.32. The van der Waals surface area contributed by atoms with Gasteiger partial charge in [-0.2, -0.15) is 10.2 Å². The second-order valence-electron chi connectivity index (χ2n) is 7.89. The number of hydrogen-bond acceptors (Lipinski definition) is 9. The van der Waals surface area contributed by atoms with E-state index in [2.05, 4.69) is 25.6 Å². The van der Waals surface area contributed by atoms with Gasteiger partial charge in [-0.15, -0.1) is 0 Å². The summed E-state index contributed by atoms with van der Waals surface area (Å²) in [5, 5.41) is 14.8. The number of aromatic nitrogens is 5. The van der Waals surface area contributed by atoms with Crippen molar-refractivity contribution in [2.75, 3.05) is 12.4 Å². The van der Waals surface area contributed by atoms with Crippen LogP contribution in [-0.2, 0) is 17.9 Å². The molecule has 13 heteroatoms. The molecule has 1 amide bonds. The second kappa shape index (κ2) is 11.8. The van der Waals surface area contributed by atoms with Crippen molar-refractivity contribution in [3.05, 3.63) is 98.2 Å². The number of ether oxygens (including phenoxy) is 1. The number of nitrogens with zero attached hydrogens (tertiary/aromatic N) is 6. The minimum atomic E-state index is -0.784. The Labute approximate surface area is 221 Å². The first-order valence-electron chi connectivity index (χ1n) is 11.3. The molecule has 0 radical (unpaired) electrons. The van der Waals surface area contributed by atoms with E-state index in [0.717, 1.165) is 10.1 Å². The molecule has 0 aliphatic carbocycles. The SMILES string of the molecule is CNC(=O)CCn1c(=O)nc(Nc2ccc(Oc3cnc(C#N)cn3)cc2)n(Cc2ccc(Cl)cc2)c1=O. The third-order valence-corrected chi connectivity index (χ3v) is 5.57. The molecule has 12 nitrogen and oxygen atoms in total. The molecule has 0 aliphatic rings. The van der Waals surface area contributed by atoms with Crippen molar-refractivity contribution in [1.82, 2.24) is 29.4 Å². The first-order chi connectivity index (χ1) is 18.4. The van der Waals surface area contributed by atoms with E-state index in [4.69, 9.17) is 21.6 Å². The van der Waals surface area contributed by atoms with Gasteiger partial charge >= 0.3 is 11.4 Å². The number of benzene rings is 2. The van der Waals surface area contributed by atoms with E-state index in [0.29, 0.717) is 16.5 Å². The quantitative estimate of drug-likeness (QED) is 0.330. The summed E-state index contributed by atoms with van der Waals surface area (Å²) in [4.78, 5) is 49.7. The summed E-state index contributed by atoms with van der Waals surface area (Å²) < 4.78 is 7.86. The normalized spacial score (nSPS) is 10.4. The van der Waals surface area contributed by atoms with Crippen LogP contribution >= 0.6 is 11.6 Å². The zero-order valence-corrected chi connectivity index (χ0v) is 20.8. The lowest BCUT2D eigenvalue weighted by atomic mass is 10.2. The van der Waals surface area contributed by atoms with Crippen LogP contribution in [0.25, 0.3) is 0 Å². The topological polar surface area (TPSA) is 157 Å². The Morgan fingerprint density at radius 2 is 1.79 bits per heavy atom. The van der Waals surface area contributed by atoms with Gasteiger partial charge in [-0.25, -0.2) is 24.1 Å². The van der Waals surface area contributed by atoms with Crippen molar-refractivity contribution in [3.63, 3.8) is 0 Å². The zero-order valence-electron chi connectivity index (χ0n) is 20.1. The fourth-order valence-electron chi connectivity index (χ4n) is 3.35. The number of anilines is 2. The van der Waals surface area contributed by atoms with E-state index >= 15 is 0 Å². The van der Waals surface area contributed by atoms with Crippen LogP contribution in [0.2, 0.25) is 5.02 Å². The molecule has 2 heterocycles. The van der Waals surface area contributed by atoms with E-state index in [1.54, 1.807) is 48.5 Å². The fraction of sp³-hybridized carbons (Fsp3) is 0.160. The van der Waals surface area contributed by atoms with Gasteiger partial charge in [0.05, 0.1) is 18.9 Å². The maximum absolute atomic E-state index is 13.3. The van der Waals surface area contributed by atoms with Crippen LogP contribution in [0.3, 0.4) is 0 Å². The average molecular weight is 533 g/mol. The Morgan fingerprint density at radius 3 is 2.42 bits per heavy atom. The zero-order chi connectivity index (χ0) is 27.1. The highest BCUT2D eigenvalue weighted by Crippen LogP contribution is 2.22. The monoisotopic (exact) mass is 532 g/mol. The molecule has 0 saturated carbocycles. The summed E-state index contributed by atoms with van der Waals surface area (Å²) >= 11 is 5.99. The van der Waals surface area contributed by atoms with Crippen LogP contribution in [-0.4, -0.2) is 37.0 Å². The smallest absolute Gasteiger partial charge is 0.354 e. The van der Waals surface area contributed by atoms with E-state index in [1.165, 1.54) is 24.0 Å². The minimum absolute atomic E-state index is 0.0257. The number of nitrogens with one attached hydrogen (secondary N) is 2. The Bertz CT molecular complexity index is 1590. The Kier molecular flexibility index (Phi) is 8.10. The van der Waals surface area contributed by atoms with E-state index in [9.17, 15) is 14.4 Å². The summed E-state index contributed by atoms with van der Waals surface area (Å²) in [6, 6.07) is 15.4. The van der Waals surface area contributed by atoms with Gasteiger partial charge in [0.15, 0.2) is 5.69 Å². The summed E-state index contributed by atoms with van der Waals surface area (Å²) in [6.07, 6.45) is 2.59. The van der Waals surface area contributed by atoms with Crippen LogP contribution < -0.4 is 26.7 Å². The fourth-order valence-corrected chi connectivity index (χ4v) is 3.48. The second-order valence-corrected chi connectivity index (χ2v) is 8.33. The van der Waals surface area contributed by atoms with Gasteiger partial charge < -0.3 is 15.4 Å². The number of carbonyl (C=O) groups is 1. The molecule has 0 spiro atoms. The number of halogens is 1. The van der Waals surface area contributed by atoms with E-state index in [1.807, 2.05) is 6.07 Å². The minimum Gasteiger partial charge on any atom is -0.438 e. The lowest BCUT2D eigenvalue weighted by molar-refractivity contribution is -0.120. The molecule has 192 valence electrons. The highest BCUT2D eigenvalue weighted by atomic mass is 35.5. The molecule has 2 aromatic carbocycles. The maximum atomic E-state index is 13.3. The summed E-state index contributed by atoms with van der Waals surface area (Å²) in [6.45, 7) is -0.0142. The number of carbonyl (C=O) groups excluding carboxylic acids is 1. The largest absolute Gasteiger partial charge is 0.438 e. The van der Waals surface area contributed by atoms with Gasteiger partial charge in [0.25, 0.3) is 0 Å². The van der Waals surface area contributed by atoms with Crippen LogP contribution in [0, 0.1) is 11.3 Å². The molecule has 0 aliphatic heterocycles. The van der Waals surface area contributed by atoms with Gasteiger partial charge in [0, 0.05) is 30.7 Å². The predicted octanol–water partition coefficient (Wildman–Crippen LogP) is 2.44. The Hall–Kier alpha value is -5.02. The number of nitriles is 1. The molecular formula is C25H21ClN8O4. The standard InChI is InChI=1S/C25H21ClN8O4/c1-28-21(35)10-11-33-24(36)32-23(34(25(33)37)15-16-2-4-17(26)5-3-16)31-18-6-8-20(9-7-18)38-22-14-29-19(12-27)13-30-22/h2-9,13-14H,10-11,15H2,1H3,(H,28,35)(H,31,32,36). The van der Waals surface area contributed by atoms with Crippen molar-refractivity contribution in [2.24, 2.45) is 0 Å². The lowest BCUT2D eigenvalue weighted by Gasteiger charge is -2.16. The lowest BCUT2D eigenvalue weighted by Crippen LogP contribution is -2.43. The van der Waals surface area contributed by atoms with Gasteiger partial charge in [0.1, 0.15) is 11.8 Å². The highest BCUT2D eigenvalue weighted by Gasteiger charge is 2.15. The van der Waals surface area contributed by atoms with Gasteiger partial charge in [-0.1, -0.05) is 23.7 Å². The van der Waals surface area contributed by atoms with E-state index in [-0.39, 0.29) is 42.9 Å². The molecule has 2 N–H and O–H groups in total. The molecule has 0 fully saturated rings. The molecule has 2 aromatic heterocycles. The molecule has 0 atom stereocenters. The highest BCUT2D eigenvalue weighted by molar-refractivity contribution is 6.30. The summed E-state index contributed by atoms with van der Waals surface area (Å²) in [7, 11) is 1.48. The van der Waals surface area contributed by atoms with Crippen LogP contribution in [0.1, 0.15) is 17.7 Å². The van der Waals surface area contributed by atoms with Crippen molar-refractivity contribution in [2.45, 2.75) is 19.5 Å². The third kappa shape index (κ3) is 6.40. The Balaban J connectivity index is 1.61. The van der Waals surface area contributed by atoms with Crippen molar-refractivity contribution in [3.8, 4) is 17.7 Å². The van der Waals surface area contributed by atoms with Crippen LogP contribution in [0.15, 0.2) is 70.5 Å². The molecule has 0 saturated heterocycles. The first-order valence-corrected chi connectivity index (χ1v) is 11.7. The van der Waals surface area contributed by atoms with E-state index < -0.39 is 11.4 Å². The predicted molar refractivity (Wildman–Crippen MR) is 139 cm³/mol.